The number of pyridine rings is 1. The summed E-state index contributed by atoms with van der Waals surface area (Å²) in [5.74, 6) is 0. The Kier molecular flexibility index (Phi) is 2.37. The van der Waals surface area contributed by atoms with Crippen molar-refractivity contribution in [2.24, 2.45) is 0 Å². The third kappa shape index (κ3) is 1.92. The number of aromatic nitrogens is 1. The summed E-state index contributed by atoms with van der Waals surface area (Å²) in [7, 11) is 0. The van der Waals surface area contributed by atoms with E-state index in [2.05, 4.69) is 60.4 Å². The Balaban J connectivity index is 2.18. The summed E-state index contributed by atoms with van der Waals surface area (Å²) in [5.41, 5.74) is 3.59. The van der Waals surface area contributed by atoms with Crippen molar-refractivity contribution in [2.45, 2.75) is 6.92 Å². The van der Waals surface area contributed by atoms with Crippen molar-refractivity contribution < 1.29 is 0 Å². The van der Waals surface area contributed by atoms with Crippen LogP contribution in [0, 0.1) is 6.92 Å². The normalized spacial score (nSPS) is 10.6. The van der Waals surface area contributed by atoms with Gasteiger partial charge in [-0.1, -0.05) is 36.4 Å². The van der Waals surface area contributed by atoms with Crippen LogP contribution < -0.4 is 0 Å². The molecule has 1 heteroatoms. The largest absolute Gasteiger partial charge is 0.264 e. The van der Waals surface area contributed by atoms with Crippen LogP contribution in [0.4, 0.5) is 0 Å². The van der Waals surface area contributed by atoms with Crippen molar-refractivity contribution >= 4 is 10.8 Å². The number of hydrogen-bond donors (Lipinski definition) is 0. The zero-order valence-electron chi connectivity index (χ0n) is 9.72. The Bertz CT molecular complexity index is 671. The van der Waals surface area contributed by atoms with Crippen LogP contribution in [-0.4, -0.2) is 4.98 Å². The highest BCUT2D eigenvalue weighted by Gasteiger charge is 1.99. The fourth-order valence-electron chi connectivity index (χ4n) is 2.08. The molecule has 17 heavy (non-hydrogen) atoms. The molecule has 0 fully saturated rings. The van der Waals surface area contributed by atoms with Crippen molar-refractivity contribution in [3.63, 3.8) is 0 Å². The number of rotatable bonds is 1. The first-order valence-corrected chi connectivity index (χ1v) is 5.74. The van der Waals surface area contributed by atoms with Gasteiger partial charge in [-0.05, 0) is 41.0 Å². The van der Waals surface area contributed by atoms with Gasteiger partial charge in [0.15, 0.2) is 0 Å². The van der Waals surface area contributed by atoms with Gasteiger partial charge in [0.25, 0.3) is 0 Å². The predicted molar refractivity (Wildman–Crippen MR) is 71.9 cm³/mol. The second kappa shape index (κ2) is 4.02. The van der Waals surface area contributed by atoms with Crippen LogP contribution in [0.15, 0.2) is 60.9 Å². The van der Waals surface area contributed by atoms with Crippen LogP contribution in [0.5, 0.6) is 0 Å². The Labute approximate surface area is 101 Å². The van der Waals surface area contributed by atoms with Gasteiger partial charge in [-0.3, -0.25) is 4.98 Å². The van der Waals surface area contributed by atoms with Gasteiger partial charge >= 0.3 is 0 Å². The molecule has 82 valence electrons. The molecule has 0 spiro atoms. The van der Waals surface area contributed by atoms with Gasteiger partial charge in [0, 0.05) is 18.0 Å². The Morgan fingerprint density at radius 3 is 2.41 bits per heavy atom. The van der Waals surface area contributed by atoms with Gasteiger partial charge in [-0.15, -0.1) is 0 Å². The minimum absolute atomic E-state index is 1.18. The molecule has 0 N–H and O–H groups in total. The maximum atomic E-state index is 4.24. The van der Waals surface area contributed by atoms with E-state index in [4.69, 9.17) is 0 Å². The lowest BCUT2D eigenvalue weighted by Gasteiger charge is -2.04. The van der Waals surface area contributed by atoms with Crippen molar-refractivity contribution in [3.8, 4) is 11.1 Å². The van der Waals surface area contributed by atoms with Gasteiger partial charge in [0.1, 0.15) is 0 Å². The number of aryl methyl sites for hydroxylation is 1. The van der Waals surface area contributed by atoms with Gasteiger partial charge < -0.3 is 0 Å². The molecule has 1 heterocycles. The zero-order valence-corrected chi connectivity index (χ0v) is 9.72. The second-order valence-corrected chi connectivity index (χ2v) is 4.31. The maximum absolute atomic E-state index is 4.24. The molecule has 0 radical (unpaired) electrons. The number of fused-ring (bicyclic) bond motifs is 1. The van der Waals surface area contributed by atoms with Gasteiger partial charge in [0.2, 0.25) is 0 Å². The molecule has 0 aliphatic carbocycles. The van der Waals surface area contributed by atoms with Crippen LogP contribution in [0.3, 0.4) is 0 Å². The molecule has 1 aromatic heterocycles. The highest BCUT2D eigenvalue weighted by molar-refractivity contribution is 5.87. The van der Waals surface area contributed by atoms with Crippen LogP contribution in [0.25, 0.3) is 21.9 Å². The standard InChI is InChI=1S/C16H13N/c1-12-8-16(11-17-10-12)15-7-6-13-4-2-3-5-14(13)9-15/h2-11H,1H3. The number of benzene rings is 2. The second-order valence-electron chi connectivity index (χ2n) is 4.31. The quantitative estimate of drug-likeness (QED) is 0.597. The van der Waals surface area contributed by atoms with E-state index in [1.54, 1.807) is 0 Å². The lowest BCUT2D eigenvalue weighted by molar-refractivity contribution is 1.27. The van der Waals surface area contributed by atoms with Crippen molar-refractivity contribution in [2.75, 3.05) is 0 Å². The van der Waals surface area contributed by atoms with E-state index in [0.717, 1.165) is 0 Å². The molecular weight excluding hydrogens is 206 g/mol. The summed E-state index contributed by atoms with van der Waals surface area (Å²) >= 11 is 0. The minimum atomic E-state index is 1.18. The molecule has 0 saturated heterocycles. The van der Waals surface area contributed by atoms with E-state index in [9.17, 15) is 0 Å². The van der Waals surface area contributed by atoms with Gasteiger partial charge in [-0.25, -0.2) is 0 Å². The topological polar surface area (TPSA) is 12.9 Å². The van der Waals surface area contributed by atoms with Crippen LogP contribution in [0.1, 0.15) is 5.56 Å². The third-order valence-electron chi connectivity index (χ3n) is 2.96. The van der Waals surface area contributed by atoms with E-state index < -0.39 is 0 Å². The summed E-state index contributed by atoms with van der Waals surface area (Å²) in [5, 5.41) is 2.54. The summed E-state index contributed by atoms with van der Waals surface area (Å²) in [4.78, 5) is 4.24. The highest BCUT2D eigenvalue weighted by Crippen LogP contribution is 2.24. The molecule has 0 saturated carbocycles. The molecule has 0 aliphatic heterocycles. The smallest absolute Gasteiger partial charge is 0.0346 e. The fourth-order valence-corrected chi connectivity index (χ4v) is 2.08. The van der Waals surface area contributed by atoms with Gasteiger partial charge in [-0.2, -0.15) is 0 Å². The fraction of sp³-hybridized carbons (Fsp3) is 0.0625. The molecule has 0 aliphatic rings. The lowest BCUT2D eigenvalue weighted by atomic mass is 10.0. The molecule has 0 atom stereocenters. The highest BCUT2D eigenvalue weighted by atomic mass is 14.6. The van der Waals surface area contributed by atoms with E-state index in [1.807, 2.05) is 12.4 Å². The van der Waals surface area contributed by atoms with Crippen LogP contribution in [-0.2, 0) is 0 Å². The first-order chi connectivity index (χ1) is 8.33. The lowest BCUT2D eigenvalue weighted by Crippen LogP contribution is -1.82. The monoisotopic (exact) mass is 219 g/mol. The molecule has 2 aromatic carbocycles. The van der Waals surface area contributed by atoms with E-state index in [-0.39, 0.29) is 0 Å². The predicted octanol–water partition coefficient (Wildman–Crippen LogP) is 4.21. The minimum Gasteiger partial charge on any atom is -0.264 e. The van der Waals surface area contributed by atoms with Crippen molar-refractivity contribution in [1.82, 2.24) is 4.98 Å². The molecule has 1 nitrogen and oxygen atoms in total. The maximum Gasteiger partial charge on any atom is 0.0346 e. The summed E-state index contributed by atoms with van der Waals surface area (Å²) in [6.45, 7) is 2.07. The molecule has 3 rings (SSSR count). The summed E-state index contributed by atoms with van der Waals surface area (Å²) in [6.07, 6.45) is 3.79. The summed E-state index contributed by atoms with van der Waals surface area (Å²) in [6, 6.07) is 17.1. The molecule has 0 bridgehead atoms. The van der Waals surface area contributed by atoms with E-state index in [0.29, 0.717) is 0 Å². The molecule has 3 aromatic rings. The van der Waals surface area contributed by atoms with Gasteiger partial charge in [0.05, 0.1) is 0 Å². The van der Waals surface area contributed by atoms with E-state index in [1.165, 1.54) is 27.5 Å². The molecule has 0 unspecified atom stereocenters. The van der Waals surface area contributed by atoms with Crippen molar-refractivity contribution in [1.29, 1.82) is 0 Å². The van der Waals surface area contributed by atoms with E-state index >= 15 is 0 Å². The first-order valence-electron chi connectivity index (χ1n) is 5.74. The van der Waals surface area contributed by atoms with Crippen LogP contribution >= 0.6 is 0 Å². The van der Waals surface area contributed by atoms with Crippen LogP contribution in [0.2, 0.25) is 0 Å². The SMILES string of the molecule is Cc1cncc(-c2ccc3ccccc3c2)c1. The molecular formula is C16H13N. The Morgan fingerprint density at radius 1 is 0.765 bits per heavy atom. The zero-order chi connectivity index (χ0) is 11.7. The Morgan fingerprint density at radius 2 is 1.59 bits per heavy atom. The molecule has 0 amide bonds. The Hall–Kier alpha value is -2.15. The van der Waals surface area contributed by atoms with Crippen molar-refractivity contribution in [3.05, 3.63) is 66.5 Å². The average Bonchev–Trinajstić information content (AvgIpc) is 2.38. The average molecular weight is 219 g/mol. The third-order valence-corrected chi connectivity index (χ3v) is 2.96. The summed E-state index contributed by atoms with van der Waals surface area (Å²) < 4.78 is 0. The number of hydrogen-bond acceptors (Lipinski definition) is 1. The number of nitrogens with zero attached hydrogens (tertiary/aromatic N) is 1. The first kappa shape index (κ1) is 10.0.